The fraction of sp³-hybridized carbons (Fsp3) is 0.302. The first-order valence-electron chi connectivity index (χ1n) is 25.1. The molecule has 3 aromatic carbocycles. The maximum absolute atomic E-state index is 13.8. The van der Waals surface area contributed by atoms with E-state index in [1.165, 1.54) is 23.1 Å². The smallest absolute Gasteiger partial charge is 0.276 e. The summed E-state index contributed by atoms with van der Waals surface area (Å²) >= 11 is 0. The number of aryl methyl sites for hydroxylation is 4. The Kier molecular flexibility index (Phi) is 15.1. The molecule has 1 unspecified atom stereocenters. The maximum Gasteiger partial charge on any atom is 0.276 e. The molecule has 1 fully saturated rings. The van der Waals surface area contributed by atoms with Crippen molar-refractivity contribution in [3.8, 4) is 5.75 Å². The highest BCUT2D eigenvalue weighted by Gasteiger charge is 2.46. The van der Waals surface area contributed by atoms with Gasteiger partial charge in [-0.25, -0.2) is 9.97 Å². The molecule has 1 atom stereocenters. The van der Waals surface area contributed by atoms with E-state index in [1.807, 2.05) is 26.0 Å². The molecule has 6 N–H and O–H groups in total. The van der Waals surface area contributed by atoms with Crippen molar-refractivity contribution >= 4 is 87.1 Å². The Morgan fingerprint density at radius 1 is 0.782 bits per heavy atom. The first kappa shape index (κ1) is 53.0. The molecule has 7 aromatic rings. The average Bonchev–Trinajstić information content (AvgIpc) is 4.25. The molecule has 25 heteroatoms. The number of hydrogen-bond donors (Lipinski definition) is 5. The molecule has 2 aliphatic rings. The highest BCUT2D eigenvalue weighted by molar-refractivity contribution is 6.24. The first-order valence-corrected chi connectivity index (χ1v) is 25.1. The summed E-state index contributed by atoms with van der Waals surface area (Å²) in [4.78, 5) is 129. The summed E-state index contributed by atoms with van der Waals surface area (Å²) in [5.41, 5.74) is 10.2. The number of rotatable bonds is 20. The molecule has 0 radical (unpaired) electrons. The molecule has 78 heavy (non-hydrogen) atoms. The number of amides is 9. The molecule has 2 aliphatic heterocycles. The van der Waals surface area contributed by atoms with Gasteiger partial charge in [0, 0.05) is 63.9 Å². The Morgan fingerprint density at radius 2 is 1.36 bits per heavy atom. The number of aromatic nitrogens is 8. The van der Waals surface area contributed by atoms with Crippen LogP contribution in [0.15, 0.2) is 78.9 Å². The van der Waals surface area contributed by atoms with Gasteiger partial charge in [-0.2, -0.15) is 10.2 Å². The molecule has 1 saturated heterocycles. The number of allylic oxidation sites excluding steroid dienone is 2. The van der Waals surface area contributed by atoms with Crippen LogP contribution in [0.3, 0.4) is 0 Å². The number of primary amides is 1. The zero-order valence-corrected chi connectivity index (χ0v) is 43.3. The van der Waals surface area contributed by atoms with E-state index in [0.717, 1.165) is 4.90 Å². The van der Waals surface area contributed by atoms with Gasteiger partial charge in [0.05, 0.1) is 44.6 Å². The minimum absolute atomic E-state index is 0.00892. The minimum atomic E-state index is -1.16. The third-order valence-corrected chi connectivity index (χ3v) is 13.2. The number of ether oxygens (including phenoxy) is 1. The Labute approximate surface area is 444 Å². The predicted molar refractivity (Wildman–Crippen MR) is 282 cm³/mol. The molecule has 0 saturated carbocycles. The number of imide groups is 2. The SMILES string of the molecule is CCn1nc(C)cc1C(=O)Nc1nc2cc(C(N)=O)ccc2n1C/C=C/Cn1c(NC(=O)c2cc(C)nn2CC)nc2cc(C(=O)N(C)CCCNC(=O)COc3cccc4c3C(=O)N(C3CCC(=O)NC3=O)C4=O)ccc21. The Balaban J connectivity index is 0.864. The second-order valence-electron chi connectivity index (χ2n) is 18.6. The van der Waals surface area contributed by atoms with E-state index in [0.29, 0.717) is 69.9 Å². The van der Waals surface area contributed by atoms with Crippen molar-refractivity contribution < 1.29 is 47.9 Å². The van der Waals surface area contributed by atoms with Gasteiger partial charge in [0.2, 0.25) is 29.6 Å². The van der Waals surface area contributed by atoms with Crippen molar-refractivity contribution in [1.29, 1.82) is 0 Å². The lowest BCUT2D eigenvalue weighted by atomic mass is 10.0. The number of carbonyl (C=O) groups is 9. The van der Waals surface area contributed by atoms with Crippen LogP contribution in [0.2, 0.25) is 0 Å². The van der Waals surface area contributed by atoms with Crippen molar-refractivity contribution in [3.63, 3.8) is 0 Å². The number of anilines is 2. The van der Waals surface area contributed by atoms with E-state index < -0.39 is 59.9 Å². The second kappa shape index (κ2) is 22.2. The molecule has 0 bridgehead atoms. The van der Waals surface area contributed by atoms with Gasteiger partial charge in [0.15, 0.2) is 6.61 Å². The summed E-state index contributed by atoms with van der Waals surface area (Å²) in [5, 5.41) is 19.5. The molecule has 0 aliphatic carbocycles. The largest absolute Gasteiger partial charge is 0.483 e. The normalized spacial score (nSPS) is 14.3. The quantitative estimate of drug-likeness (QED) is 0.0416. The van der Waals surface area contributed by atoms with Gasteiger partial charge in [0.25, 0.3) is 35.4 Å². The van der Waals surface area contributed by atoms with Crippen molar-refractivity contribution in [2.45, 2.75) is 79.2 Å². The number of fused-ring (bicyclic) bond motifs is 3. The van der Waals surface area contributed by atoms with Crippen LogP contribution in [0.1, 0.15) is 107 Å². The van der Waals surface area contributed by atoms with Gasteiger partial charge in [-0.1, -0.05) is 18.2 Å². The van der Waals surface area contributed by atoms with Crippen molar-refractivity contribution in [2.24, 2.45) is 5.73 Å². The predicted octanol–water partition coefficient (Wildman–Crippen LogP) is 3.35. The summed E-state index contributed by atoms with van der Waals surface area (Å²) in [6, 6.07) is 16.4. The van der Waals surface area contributed by atoms with E-state index in [2.05, 4.69) is 36.4 Å². The van der Waals surface area contributed by atoms with Crippen molar-refractivity contribution in [2.75, 3.05) is 37.4 Å². The Morgan fingerprint density at radius 3 is 1.92 bits per heavy atom. The lowest BCUT2D eigenvalue weighted by Crippen LogP contribution is -2.54. The molecule has 6 heterocycles. The summed E-state index contributed by atoms with van der Waals surface area (Å²) in [7, 11) is 1.62. The first-order chi connectivity index (χ1) is 37.4. The van der Waals surface area contributed by atoms with Crippen LogP contribution >= 0.6 is 0 Å². The van der Waals surface area contributed by atoms with Crippen LogP contribution in [0.25, 0.3) is 22.1 Å². The molecule has 25 nitrogen and oxygen atoms in total. The van der Waals surface area contributed by atoms with Gasteiger partial charge in [-0.3, -0.25) is 73.4 Å². The van der Waals surface area contributed by atoms with E-state index >= 15 is 0 Å². The summed E-state index contributed by atoms with van der Waals surface area (Å²) in [6.07, 6.45) is 4.03. The standard InChI is InChI=1S/C53H55N15O10/c1-6-66-39(24-29(3)61-66)47(73)59-52-56-34-26-31(45(54)71)14-16-36(34)64(52)22-8-9-23-65-37-17-15-32(27-35(37)57-53(65)60-48(74)40-25-30(4)62-67(40)7-2)49(75)63(5)21-11-20-55-43(70)28-78-41-13-10-12-33-44(41)51(77)68(50(33)76)38-18-19-42(69)58-46(38)72/h8-10,12-17,24-27,38H,6-7,11,18-23,28H2,1-5H3,(H2,54,71)(H,55,70)(H,56,59,73)(H,57,60,74)(H,58,69,72)/b9-8+. The summed E-state index contributed by atoms with van der Waals surface area (Å²) in [5.74, 6) is -4.64. The van der Waals surface area contributed by atoms with Crippen LogP contribution in [-0.2, 0) is 40.6 Å². The topological polar surface area (TPSA) is 315 Å². The number of nitrogens with one attached hydrogen (secondary N) is 4. The molecule has 402 valence electrons. The Bertz CT molecular complexity index is 3660. The fourth-order valence-electron chi connectivity index (χ4n) is 9.40. The van der Waals surface area contributed by atoms with E-state index in [1.54, 1.807) is 87.9 Å². The van der Waals surface area contributed by atoms with Gasteiger partial charge in [0.1, 0.15) is 23.2 Å². The number of nitrogens with zero attached hydrogens (tertiary/aromatic N) is 10. The maximum atomic E-state index is 13.8. The lowest BCUT2D eigenvalue weighted by molar-refractivity contribution is -0.136. The van der Waals surface area contributed by atoms with E-state index in [-0.39, 0.29) is 79.3 Å². The van der Waals surface area contributed by atoms with E-state index in [9.17, 15) is 43.2 Å². The highest BCUT2D eigenvalue weighted by Crippen LogP contribution is 2.34. The molecular weight excluding hydrogens is 1010 g/mol. The lowest BCUT2D eigenvalue weighted by Gasteiger charge is -2.27. The van der Waals surface area contributed by atoms with E-state index in [4.69, 9.17) is 15.5 Å². The fourth-order valence-corrected chi connectivity index (χ4v) is 9.40. The van der Waals surface area contributed by atoms with Gasteiger partial charge < -0.3 is 29.8 Å². The number of benzene rings is 3. The third kappa shape index (κ3) is 10.7. The van der Waals surface area contributed by atoms with Crippen LogP contribution in [0.5, 0.6) is 5.75 Å². The number of hydrogen-bond acceptors (Lipinski definition) is 14. The molecule has 0 spiro atoms. The number of imidazole rings is 2. The van der Waals surface area contributed by atoms with Crippen molar-refractivity contribution in [3.05, 3.63) is 124 Å². The monoisotopic (exact) mass is 1060 g/mol. The Hall–Kier alpha value is -9.81. The van der Waals surface area contributed by atoms with Crippen LogP contribution < -0.4 is 31.7 Å². The average molecular weight is 1060 g/mol. The van der Waals surface area contributed by atoms with Gasteiger partial charge in [-0.05, 0) is 101 Å². The second-order valence-corrected chi connectivity index (χ2v) is 18.6. The van der Waals surface area contributed by atoms with Gasteiger partial charge in [-0.15, -0.1) is 0 Å². The minimum Gasteiger partial charge on any atom is -0.483 e. The highest BCUT2D eigenvalue weighted by atomic mass is 16.5. The molecule has 9 amide bonds. The van der Waals surface area contributed by atoms with Crippen LogP contribution in [0, 0.1) is 13.8 Å². The molecular formula is C53H55N15O10. The number of piperidine rings is 1. The summed E-state index contributed by atoms with van der Waals surface area (Å²) < 4.78 is 12.4. The molecule has 4 aromatic heterocycles. The summed E-state index contributed by atoms with van der Waals surface area (Å²) in [6.45, 7) is 8.60. The zero-order chi connectivity index (χ0) is 55.5. The van der Waals surface area contributed by atoms with Crippen LogP contribution in [0.4, 0.5) is 11.9 Å². The van der Waals surface area contributed by atoms with Crippen molar-refractivity contribution in [1.82, 2.24) is 59.1 Å². The number of carbonyl (C=O) groups excluding carboxylic acids is 9. The zero-order valence-electron chi connectivity index (χ0n) is 43.3. The molecule has 9 rings (SSSR count). The van der Waals surface area contributed by atoms with Crippen LogP contribution in [-0.4, -0.2) is 134 Å². The van der Waals surface area contributed by atoms with Gasteiger partial charge >= 0.3 is 0 Å². The number of nitrogens with two attached hydrogens (primary N) is 1. The third-order valence-electron chi connectivity index (χ3n) is 13.2.